The van der Waals surface area contributed by atoms with E-state index >= 15 is 0 Å². The number of anilines is 3. The van der Waals surface area contributed by atoms with Gasteiger partial charge in [0.15, 0.2) is 17.2 Å². The van der Waals surface area contributed by atoms with Gasteiger partial charge in [0.05, 0.1) is 23.8 Å². The average Bonchev–Trinajstić information content (AvgIpc) is 3.47. The van der Waals surface area contributed by atoms with Crippen molar-refractivity contribution in [3.05, 3.63) is 42.2 Å². The van der Waals surface area contributed by atoms with E-state index in [1.165, 1.54) is 23.0 Å². The number of nitrogens with two attached hydrogens (primary N) is 1. The Morgan fingerprint density at radius 1 is 1.06 bits per heavy atom. The molecule has 2 fully saturated rings. The van der Waals surface area contributed by atoms with Crippen LogP contribution in [0.25, 0.3) is 5.65 Å². The van der Waals surface area contributed by atoms with Crippen LogP contribution in [0.15, 0.2) is 30.7 Å². The third-order valence-electron chi connectivity index (χ3n) is 5.78. The Labute approximate surface area is 178 Å². The van der Waals surface area contributed by atoms with E-state index in [0.717, 1.165) is 50.4 Å². The minimum absolute atomic E-state index is 0.0547. The molecular weight excluding hydrogens is 399 g/mol. The molecular formula is C21H25FN8O. The summed E-state index contributed by atoms with van der Waals surface area (Å²) >= 11 is 0. The number of amides is 1. The lowest BCUT2D eigenvalue weighted by molar-refractivity contribution is 0.102. The van der Waals surface area contributed by atoms with E-state index in [1.54, 1.807) is 0 Å². The second kappa shape index (κ2) is 8.10. The van der Waals surface area contributed by atoms with Gasteiger partial charge in [0.1, 0.15) is 5.82 Å². The summed E-state index contributed by atoms with van der Waals surface area (Å²) in [6, 6.07) is 4.31. The molecule has 0 bridgehead atoms. The molecule has 31 heavy (non-hydrogen) atoms. The first-order valence-electron chi connectivity index (χ1n) is 10.6. The van der Waals surface area contributed by atoms with Crippen molar-refractivity contribution in [2.45, 2.75) is 56.7 Å². The number of pyridine rings is 1. The standard InChI is InChI=1S/C21H25FN8O/c22-15-10-24-8-7-16(15)28-21(31)18-11-25-20-17(26-13-5-6-13)9-19(29-30(18)20)27-14-3-1-12(23)2-4-14/h7-14,26H,1-6,23H2,(H,27,29)(H,24,28,31)/t12-,14-. The van der Waals surface area contributed by atoms with Crippen LogP contribution in [-0.4, -0.2) is 43.6 Å². The first kappa shape index (κ1) is 19.7. The van der Waals surface area contributed by atoms with E-state index in [2.05, 4.69) is 31.0 Å². The third-order valence-corrected chi connectivity index (χ3v) is 5.78. The molecule has 2 saturated carbocycles. The Morgan fingerprint density at radius 3 is 2.55 bits per heavy atom. The summed E-state index contributed by atoms with van der Waals surface area (Å²) in [5.41, 5.74) is 7.68. The summed E-state index contributed by atoms with van der Waals surface area (Å²) in [6.45, 7) is 0. The van der Waals surface area contributed by atoms with Crippen LogP contribution < -0.4 is 21.7 Å². The first-order valence-corrected chi connectivity index (χ1v) is 10.6. The molecule has 162 valence electrons. The van der Waals surface area contributed by atoms with Crippen molar-refractivity contribution in [1.29, 1.82) is 0 Å². The molecule has 5 N–H and O–H groups in total. The van der Waals surface area contributed by atoms with Gasteiger partial charge in [0.25, 0.3) is 5.91 Å². The van der Waals surface area contributed by atoms with E-state index in [1.807, 2.05) is 6.07 Å². The predicted molar refractivity (Wildman–Crippen MR) is 116 cm³/mol. The number of carbonyl (C=O) groups excluding carboxylic acids is 1. The zero-order valence-electron chi connectivity index (χ0n) is 17.0. The normalized spacial score (nSPS) is 21.1. The molecule has 0 atom stereocenters. The molecule has 5 rings (SSSR count). The summed E-state index contributed by atoms with van der Waals surface area (Å²) in [6.07, 6.45) is 10.0. The van der Waals surface area contributed by atoms with Crippen molar-refractivity contribution in [2.24, 2.45) is 5.73 Å². The topological polar surface area (TPSA) is 122 Å². The number of aromatic nitrogens is 4. The van der Waals surface area contributed by atoms with Crippen LogP contribution in [0.2, 0.25) is 0 Å². The number of hydrogen-bond donors (Lipinski definition) is 4. The second-order valence-corrected chi connectivity index (χ2v) is 8.31. The number of rotatable bonds is 6. The molecule has 9 nitrogen and oxygen atoms in total. The van der Waals surface area contributed by atoms with Gasteiger partial charge in [0.2, 0.25) is 0 Å². The third kappa shape index (κ3) is 4.29. The molecule has 0 saturated heterocycles. The van der Waals surface area contributed by atoms with Crippen LogP contribution in [0.1, 0.15) is 49.0 Å². The number of carbonyl (C=O) groups is 1. The fraction of sp³-hybridized carbons (Fsp3) is 0.429. The first-order chi connectivity index (χ1) is 15.1. The van der Waals surface area contributed by atoms with Crippen LogP contribution in [0, 0.1) is 5.82 Å². The number of fused-ring (bicyclic) bond motifs is 1. The lowest BCUT2D eigenvalue weighted by atomic mass is 9.92. The number of imidazole rings is 1. The molecule has 0 aromatic carbocycles. The van der Waals surface area contributed by atoms with Crippen molar-refractivity contribution >= 4 is 28.7 Å². The molecule has 0 radical (unpaired) electrons. The van der Waals surface area contributed by atoms with Crippen LogP contribution in [-0.2, 0) is 0 Å². The van der Waals surface area contributed by atoms with E-state index in [9.17, 15) is 9.18 Å². The van der Waals surface area contributed by atoms with Crippen molar-refractivity contribution in [2.75, 3.05) is 16.0 Å². The Morgan fingerprint density at radius 2 is 1.81 bits per heavy atom. The Kier molecular flexibility index (Phi) is 5.14. The highest BCUT2D eigenvalue weighted by molar-refractivity contribution is 6.03. The maximum absolute atomic E-state index is 13.9. The SMILES string of the molecule is N[C@H]1CC[C@H](Nc2cc(NC3CC3)c3ncc(C(=O)Nc4ccncc4F)n3n2)CC1. The summed E-state index contributed by atoms with van der Waals surface area (Å²) in [4.78, 5) is 21.0. The van der Waals surface area contributed by atoms with Crippen LogP contribution >= 0.6 is 0 Å². The van der Waals surface area contributed by atoms with Gasteiger partial charge in [-0.05, 0) is 44.6 Å². The van der Waals surface area contributed by atoms with Crippen molar-refractivity contribution in [3.8, 4) is 0 Å². The molecule has 3 heterocycles. The van der Waals surface area contributed by atoms with E-state index in [4.69, 9.17) is 5.73 Å². The van der Waals surface area contributed by atoms with Gasteiger partial charge >= 0.3 is 0 Å². The molecule has 3 aromatic rings. The van der Waals surface area contributed by atoms with Gasteiger partial charge in [-0.3, -0.25) is 9.78 Å². The summed E-state index contributed by atoms with van der Waals surface area (Å²) in [5, 5.41) is 14.2. The number of nitrogens with one attached hydrogen (secondary N) is 3. The van der Waals surface area contributed by atoms with Crippen LogP contribution in [0.3, 0.4) is 0 Å². The molecule has 10 heteroatoms. The molecule has 1 amide bonds. The minimum Gasteiger partial charge on any atom is -0.379 e. The Hall–Kier alpha value is -3.27. The van der Waals surface area contributed by atoms with E-state index < -0.39 is 11.7 Å². The molecule has 2 aliphatic rings. The second-order valence-electron chi connectivity index (χ2n) is 8.31. The van der Waals surface area contributed by atoms with Gasteiger partial charge in [-0.25, -0.2) is 13.9 Å². The van der Waals surface area contributed by atoms with Gasteiger partial charge in [0, 0.05) is 30.4 Å². The monoisotopic (exact) mass is 424 g/mol. The largest absolute Gasteiger partial charge is 0.379 e. The van der Waals surface area contributed by atoms with Crippen molar-refractivity contribution < 1.29 is 9.18 Å². The zero-order chi connectivity index (χ0) is 21.4. The summed E-state index contributed by atoms with van der Waals surface area (Å²) in [7, 11) is 0. The van der Waals surface area contributed by atoms with Gasteiger partial charge < -0.3 is 21.7 Å². The van der Waals surface area contributed by atoms with E-state index in [0.29, 0.717) is 17.5 Å². The van der Waals surface area contributed by atoms with Gasteiger partial charge in [-0.1, -0.05) is 0 Å². The Bertz CT molecular complexity index is 1100. The average molecular weight is 424 g/mol. The maximum atomic E-state index is 13.9. The number of halogens is 1. The van der Waals surface area contributed by atoms with Gasteiger partial charge in [-0.15, -0.1) is 5.10 Å². The van der Waals surface area contributed by atoms with Crippen LogP contribution in [0.4, 0.5) is 21.6 Å². The smallest absolute Gasteiger partial charge is 0.276 e. The molecule has 2 aliphatic carbocycles. The minimum atomic E-state index is -0.605. The fourth-order valence-corrected chi connectivity index (χ4v) is 3.88. The Balaban J connectivity index is 1.46. The van der Waals surface area contributed by atoms with E-state index in [-0.39, 0.29) is 23.5 Å². The van der Waals surface area contributed by atoms with Crippen molar-refractivity contribution in [3.63, 3.8) is 0 Å². The number of nitrogens with zero attached hydrogens (tertiary/aromatic N) is 4. The lowest BCUT2D eigenvalue weighted by Crippen LogP contribution is -2.33. The quantitative estimate of drug-likeness (QED) is 0.480. The molecule has 0 unspecified atom stereocenters. The predicted octanol–water partition coefficient (Wildman–Crippen LogP) is 2.77. The lowest BCUT2D eigenvalue weighted by Gasteiger charge is -2.27. The fourth-order valence-electron chi connectivity index (χ4n) is 3.88. The number of hydrogen-bond acceptors (Lipinski definition) is 7. The molecule has 3 aromatic heterocycles. The van der Waals surface area contributed by atoms with Gasteiger partial charge in [-0.2, -0.15) is 0 Å². The summed E-state index contributed by atoms with van der Waals surface area (Å²) < 4.78 is 15.4. The summed E-state index contributed by atoms with van der Waals surface area (Å²) in [5.74, 6) is -0.437. The highest BCUT2D eigenvalue weighted by Gasteiger charge is 2.25. The highest BCUT2D eigenvalue weighted by Crippen LogP contribution is 2.29. The molecule has 0 spiro atoms. The van der Waals surface area contributed by atoms with Crippen LogP contribution in [0.5, 0.6) is 0 Å². The van der Waals surface area contributed by atoms with Crippen molar-refractivity contribution in [1.82, 2.24) is 19.6 Å². The molecule has 0 aliphatic heterocycles. The maximum Gasteiger partial charge on any atom is 0.276 e. The highest BCUT2D eigenvalue weighted by atomic mass is 19.1. The zero-order valence-corrected chi connectivity index (χ0v) is 17.0.